The fourth-order valence-electron chi connectivity index (χ4n) is 4.94. The van der Waals surface area contributed by atoms with Crippen LogP contribution in [-0.4, -0.2) is 60.9 Å². The highest BCUT2D eigenvalue weighted by atomic mass is 19.4. The number of benzene rings is 1. The minimum absolute atomic E-state index is 0.0493. The zero-order chi connectivity index (χ0) is 27.6. The number of hydrogen-bond donors (Lipinski definition) is 2. The fourth-order valence-corrected chi connectivity index (χ4v) is 4.94. The van der Waals surface area contributed by atoms with Gasteiger partial charge < -0.3 is 25.6 Å². The third-order valence-corrected chi connectivity index (χ3v) is 7.46. The molecule has 11 heteroatoms. The lowest BCUT2D eigenvalue weighted by atomic mass is 9.85. The minimum atomic E-state index is -4.48. The van der Waals surface area contributed by atoms with Gasteiger partial charge in [-0.05, 0) is 36.2 Å². The van der Waals surface area contributed by atoms with Gasteiger partial charge in [-0.3, -0.25) is 0 Å². The summed E-state index contributed by atoms with van der Waals surface area (Å²) < 4.78 is 46.7. The first-order chi connectivity index (χ1) is 18.7. The molecule has 4 heterocycles. The van der Waals surface area contributed by atoms with Crippen molar-refractivity contribution in [3.63, 3.8) is 0 Å². The van der Waals surface area contributed by atoms with Gasteiger partial charge in [0.15, 0.2) is 0 Å². The molecule has 0 bridgehead atoms. The van der Waals surface area contributed by atoms with Gasteiger partial charge in [-0.2, -0.15) is 18.2 Å². The van der Waals surface area contributed by atoms with Crippen molar-refractivity contribution in [1.82, 2.24) is 15.0 Å². The summed E-state index contributed by atoms with van der Waals surface area (Å²) in [5, 5.41) is 3.47. The number of pyridine rings is 1. The molecule has 0 saturated carbocycles. The summed E-state index contributed by atoms with van der Waals surface area (Å²) in [7, 11) is 0. The van der Waals surface area contributed by atoms with Crippen molar-refractivity contribution in [1.29, 1.82) is 0 Å². The van der Waals surface area contributed by atoms with Gasteiger partial charge in [0.1, 0.15) is 11.6 Å². The van der Waals surface area contributed by atoms with Gasteiger partial charge in [-0.15, -0.1) is 0 Å². The van der Waals surface area contributed by atoms with E-state index in [1.54, 1.807) is 4.90 Å². The standard InChI is InChI=1S/C28H34F3N7O/c1-27(2,18-32)19-5-7-20(8-6-19)34-24-21-9-12-37(25-22(28(29,30)31)4-3-11-33-25)13-10-23(21)35-26(36-24)38-14-16-39-17-15-38/h3-8,11H,9-10,12-18,32H2,1-2H3,(H,34,35,36). The highest BCUT2D eigenvalue weighted by Gasteiger charge is 2.36. The largest absolute Gasteiger partial charge is 0.419 e. The summed E-state index contributed by atoms with van der Waals surface area (Å²) in [6.45, 7) is 8.01. The molecule has 208 valence electrons. The number of hydrogen-bond acceptors (Lipinski definition) is 8. The van der Waals surface area contributed by atoms with Gasteiger partial charge in [-0.25, -0.2) is 9.97 Å². The van der Waals surface area contributed by atoms with Crippen LogP contribution in [0.2, 0.25) is 0 Å². The van der Waals surface area contributed by atoms with E-state index in [2.05, 4.69) is 41.2 Å². The molecular formula is C28H34F3N7O. The molecule has 0 amide bonds. The second-order valence-electron chi connectivity index (χ2n) is 10.5. The lowest BCUT2D eigenvalue weighted by molar-refractivity contribution is -0.137. The number of fused-ring (bicyclic) bond motifs is 1. The molecule has 3 aromatic rings. The van der Waals surface area contributed by atoms with Crippen LogP contribution in [0.1, 0.15) is 36.2 Å². The van der Waals surface area contributed by atoms with Gasteiger partial charge >= 0.3 is 6.18 Å². The molecule has 0 atom stereocenters. The average Bonchev–Trinajstić information content (AvgIpc) is 3.16. The number of nitrogens with two attached hydrogens (primary N) is 1. The van der Waals surface area contributed by atoms with Crippen LogP contribution in [-0.2, 0) is 29.2 Å². The van der Waals surface area contributed by atoms with E-state index in [1.807, 2.05) is 12.1 Å². The Labute approximate surface area is 226 Å². The van der Waals surface area contributed by atoms with Crippen LogP contribution in [0.3, 0.4) is 0 Å². The van der Waals surface area contributed by atoms with Crippen LogP contribution >= 0.6 is 0 Å². The van der Waals surface area contributed by atoms with Gasteiger partial charge in [0.05, 0.1) is 24.5 Å². The third-order valence-electron chi connectivity index (χ3n) is 7.46. The predicted molar refractivity (Wildman–Crippen MR) is 146 cm³/mol. The molecule has 2 aromatic heterocycles. The Bertz CT molecular complexity index is 1290. The Hall–Kier alpha value is -3.44. The Morgan fingerprint density at radius 3 is 2.36 bits per heavy atom. The summed E-state index contributed by atoms with van der Waals surface area (Å²) in [5.41, 5.74) is 8.83. The zero-order valence-electron chi connectivity index (χ0n) is 22.3. The van der Waals surface area contributed by atoms with Crippen molar-refractivity contribution in [3.8, 4) is 0 Å². The van der Waals surface area contributed by atoms with Gasteiger partial charge in [0.25, 0.3) is 0 Å². The third kappa shape index (κ3) is 5.94. The first kappa shape index (κ1) is 27.1. The van der Waals surface area contributed by atoms with Crippen molar-refractivity contribution in [2.24, 2.45) is 5.73 Å². The number of rotatable bonds is 6. The molecule has 0 unspecified atom stereocenters. The highest BCUT2D eigenvalue weighted by Crippen LogP contribution is 2.36. The lowest BCUT2D eigenvalue weighted by Gasteiger charge is -2.28. The number of nitrogens with one attached hydrogen (secondary N) is 1. The van der Waals surface area contributed by atoms with Crippen molar-refractivity contribution in [3.05, 3.63) is 65.0 Å². The maximum absolute atomic E-state index is 13.7. The number of nitrogens with zero attached hydrogens (tertiary/aromatic N) is 5. The van der Waals surface area contributed by atoms with E-state index < -0.39 is 11.7 Å². The van der Waals surface area contributed by atoms with Crippen LogP contribution in [0, 0.1) is 0 Å². The number of ether oxygens (including phenoxy) is 1. The summed E-state index contributed by atoms with van der Waals surface area (Å²) >= 11 is 0. The topological polar surface area (TPSA) is 92.4 Å². The highest BCUT2D eigenvalue weighted by molar-refractivity contribution is 5.63. The molecular weight excluding hydrogens is 507 g/mol. The maximum atomic E-state index is 13.7. The van der Waals surface area contributed by atoms with E-state index in [0.717, 1.165) is 28.6 Å². The van der Waals surface area contributed by atoms with Crippen molar-refractivity contribution in [2.75, 3.05) is 61.1 Å². The predicted octanol–water partition coefficient (Wildman–Crippen LogP) is 4.31. The van der Waals surface area contributed by atoms with E-state index in [-0.39, 0.29) is 11.2 Å². The Morgan fingerprint density at radius 2 is 1.67 bits per heavy atom. The van der Waals surface area contributed by atoms with Crippen LogP contribution < -0.4 is 20.9 Å². The molecule has 3 N–H and O–H groups in total. The second-order valence-corrected chi connectivity index (χ2v) is 10.5. The normalized spacial score (nSPS) is 16.6. The van der Waals surface area contributed by atoms with E-state index in [1.165, 1.54) is 12.3 Å². The molecule has 39 heavy (non-hydrogen) atoms. The van der Waals surface area contributed by atoms with Gasteiger partial charge in [0, 0.05) is 62.0 Å². The van der Waals surface area contributed by atoms with E-state index in [9.17, 15) is 13.2 Å². The molecule has 0 aliphatic carbocycles. The van der Waals surface area contributed by atoms with E-state index in [0.29, 0.717) is 70.5 Å². The van der Waals surface area contributed by atoms with Crippen molar-refractivity contribution >= 4 is 23.3 Å². The summed E-state index contributed by atoms with van der Waals surface area (Å²) in [6, 6.07) is 10.5. The van der Waals surface area contributed by atoms with Crippen LogP contribution in [0.4, 0.5) is 36.4 Å². The SMILES string of the molecule is CC(C)(CN)c1ccc(Nc2nc(N3CCOCC3)nc3c2CCN(c2ncccc2C(F)(F)F)CC3)cc1. The Balaban J connectivity index is 1.47. The Morgan fingerprint density at radius 1 is 0.949 bits per heavy atom. The number of anilines is 4. The Kier molecular flexibility index (Phi) is 7.64. The number of aromatic nitrogens is 3. The molecule has 1 aromatic carbocycles. The second kappa shape index (κ2) is 11.0. The zero-order valence-corrected chi connectivity index (χ0v) is 22.3. The molecule has 1 saturated heterocycles. The van der Waals surface area contributed by atoms with Crippen LogP contribution in [0.5, 0.6) is 0 Å². The number of halogens is 3. The molecule has 2 aliphatic rings. The number of alkyl halides is 3. The summed E-state index contributed by atoms with van der Waals surface area (Å²) in [6.07, 6.45) is -2.13. The van der Waals surface area contributed by atoms with Crippen molar-refractivity contribution < 1.29 is 17.9 Å². The molecule has 0 spiro atoms. The average molecular weight is 542 g/mol. The molecule has 5 rings (SSSR count). The molecule has 1 fully saturated rings. The van der Waals surface area contributed by atoms with Crippen LogP contribution in [0.15, 0.2) is 42.6 Å². The minimum Gasteiger partial charge on any atom is -0.378 e. The fraction of sp³-hybridized carbons (Fsp3) is 0.464. The number of morpholine rings is 1. The molecule has 2 aliphatic heterocycles. The van der Waals surface area contributed by atoms with Crippen LogP contribution in [0.25, 0.3) is 0 Å². The quantitative estimate of drug-likeness (QED) is 0.477. The van der Waals surface area contributed by atoms with Gasteiger partial charge in [0.2, 0.25) is 5.95 Å². The monoisotopic (exact) mass is 541 g/mol. The first-order valence-corrected chi connectivity index (χ1v) is 13.2. The maximum Gasteiger partial charge on any atom is 0.419 e. The molecule has 8 nitrogen and oxygen atoms in total. The smallest absolute Gasteiger partial charge is 0.378 e. The summed E-state index contributed by atoms with van der Waals surface area (Å²) in [5.74, 6) is 1.22. The molecule has 0 radical (unpaired) electrons. The first-order valence-electron chi connectivity index (χ1n) is 13.2. The lowest BCUT2D eigenvalue weighted by Crippen LogP contribution is -2.37. The van der Waals surface area contributed by atoms with Crippen molar-refractivity contribution in [2.45, 2.75) is 38.3 Å². The van der Waals surface area contributed by atoms with E-state index >= 15 is 0 Å². The summed E-state index contributed by atoms with van der Waals surface area (Å²) in [4.78, 5) is 17.7. The van der Waals surface area contributed by atoms with E-state index in [4.69, 9.17) is 20.4 Å². The van der Waals surface area contributed by atoms with Gasteiger partial charge in [-0.1, -0.05) is 26.0 Å².